The van der Waals surface area contributed by atoms with Gasteiger partial charge in [-0.15, -0.1) is 0 Å². The quantitative estimate of drug-likeness (QED) is 0.793. The third-order valence-corrected chi connectivity index (χ3v) is 4.64. The van der Waals surface area contributed by atoms with E-state index in [4.69, 9.17) is 0 Å². The largest absolute Gasteiger partial charge is 0.504 e. The number of benzene rings is 1. The smallest absolute Gasteiger partial charge is 0.157 e. The Kier molecular flexibility index (Phi) is 5.83. The Bertz CT molecular complexity index is 505. The Morgan fingerprint density at radius 2 is 1.91 bits per heavy atom. The average molecular weight is 305 g/mol. The first-order valence-corrected chi connectivity index (χ1v) is 8.25. The van der Waals surface area contributed by atoms with Gasteiger partial charge in [0.1, 0.15) is 5.78 Å². The number of nitrogens with zero attached hydrogens (tertiary/aromatic N) is 1. The van der Waals surface area contributed by atoms with Crippen LogP contribution in [0.25, 0.3) is 0 Å². The molecule has 2 N–H and O–H groups in total. The van der Waals surface area contributed by atoms with Gasteiger partial charge in [-0.1, -0.05) is 6.07 Å². The Labute approximate surface area is 132 Å². The summed E-state index contributed by atoms with van der Waals surface area (Å²) in [7, 11) is 0. The monoisotopic (exact) mass is 305 g/mol. The average Bonchev–Trinajstić information content (AvgIpc) is 2.51. The molecule has 2 rings (SSSR count). The van der Waals surface area contributed by atoms with E-state index in [0.717, 1.165) is 44.3 Å². The molecule has 4 heteroatoms. The summed E-state index contributed by atoms with van der Waals surface area (Å²) in [4.78, 5) is 14.7. The van der Waals surface area contributed by atoms with Gasteiger partial charge in [-0.2, -0.15) is 0 Å². The van der Waals surface area contributed by atoms with Crippen LogP contribution in [0.15, 0.2) is 18.2 Å². The number of hydrogen-bond acceptors (Lipinski definition) is 4. The van der Waals surface area contributed by atoms with Gasteiger partial charge in [-0.3, -0.25) is 4.79 Å². The number of carbonyl (C=O) groups excluding carboxylic acids is 1. The number of ketones is 1. The molecule has 1 heterocycles. The molecule has 0 bridgehead atoms. The first-order chi connectivity index (χ1) is 10.5. The van der Waals surface area contributed by atoms with Crippen molar-refractivity contribution in [1.82, 2.24) is 4.90 Å². The highest BCUT2D eigenvalue weighted by atomic mass is 16.3. The number of Topliss-reactive ketones (excluding diaryl/α,β-unsaturated/α-hetero) is 1. The van der Waals surface area contributed by atoms with E-state index in [9.17, 15) is 15.0 Å². The lowest BCUT2D eigenvalue weighted by Crippen LogP contribution is -2.40. The third-order valence-electron chi connectivity index (χ3n) is 4.64. The Hall–Kier alpha value is -1.55. The van der Waals surface area contributed by atoms with E-state index in [-0.39, 0.29) is 17.4 Å². The Morgan fingerprint density at radius 1 is 1.23 bits per heavy atom. The highest BCUT2D eigenvalue weighted by Crippen LogP contribution is 2.26. The lowest BCUT2D eigenvalue weighted by atomic mass is 9.89. The zero-order valence-electron chi connectivity index (χ0n) is 13.6. The molecule has 0 radical (unpaired) electrons. The topological polar surface area (TPSA) is 60.8 Å². The van der Waals surface area contributed by atoms with Gasteiger partial charge in [-0.25, -0.2) is 0 Å². The van der Waals surface area contributed by atoms with E-state index in [2.05, 4.69) is 18.7 Å². The maximum absolute atomic E-state index is 12.3. The van der Waals surface area contributed by atoms with Crippen molar-refractivity contribution in [3.05, 3.63) is 23.8 Å². The fraction of sp³-hybridized carbons (Fsp3) is 0.611. The van der Waals surface area contributed by atoms with Crippen LogP contribution in [0.3, 0.4) is 0 Å². The molecule has 0 saturated carbocycles. The Balaban J connectivity index is 1.73. The van der Waals surface area contributed by atoms with Crippen LogP contribution in [0.4, 0.5) is 0 Å². The van der Waals surface area contributed by atoms with Gasteiger partial charge in [0.15, 0.2) is 11.5 Å². The summed E-state index contributed by atoms with van der Waals surface area (Å²) in [6.45, 7) is 6.46. The van der Waals surface area contributed by atoms with E-state index in [1.807, 2.05) is 0 Å². The van der Waals surface area contributed by atoms with Crippen LogP contribution < -0.4 is 0 Å². The standard InChI is InChI=1S/C18H27NO3/c1-13(2)19-10-8-15(9-11-19)16(20)5-3-4-14-6-7-17(21)18(22)12-14/h6-7,12-13,15,21-22H,3-5,8-11H2,1-2H3. The summed E-state index contributed by atoms with van der Waals surface area (Å²) in [6.07, 6.45) is 4.12. The van der Waals surface area contributed by atoms with Crippen molar-refractivity contribution in [1.29, 1.82) is 0 Å². The first kappa shape index (κ1) is 16.8. The molecule has 4 nitrogen and oxygen atoms in total. The van der Waals surface area contributed by atoms with Crippen LogP contribution in [0.2, 0.25) is 0 Å². The highest BCUT2D eigenvalue weighted by molar-refractivity contribution is 5.81. The minimum Gasteiger partial charge on any atom is -0.504 e. The number of rotatable bonds is 6. The van der Waals surface area contributed by atoms with Crippen LogP contribution in [0.1, 0.15) is 45.1 Å². The van der Waals surface area contributed by atoms with Crippen LogP contribution in [-0.2, 0) is 11.2 Å². The van der Waals surface area contributed by atoms with Crippen molar-refractivity contribution in [2.75, 3.05) is 13.1 Å². The van der Waals surface area contributed by atoms with E-state index >= 15 is 0 Å². The van der Waals surface area contributed by atoms with Crippen molar-refractivity contribution in [2.24, 2.45) is 5.92 Å². The number of phenols is 2. The zero-order valence-corrected chi connectivity index (χ0v) is 13.6. The van der Waals surface area contributed by atoms with Crippen LogP contribution in [0.5, 0.6) is 11.5 Å². The van der Waals surface area contributed by atoms with Gasteiger partial charge in [0, 0.05) is 18.4 Å². The molecule has 0 aromatic heterocycles. The van der Waals surface area contributed by atoms with Gasteiger partial charge < -0.3 is 15.1 Å². The van der Waals surface area contributed by atoms with E-state index in [1.54, 1.807) is 12.1 Å². The fourth-order valence-corrected chi connectivity index (χ4v) is 3.13. The van der Waals surface area contributed by atoms with Gasteiger partial charge in [0.2, 0.25) is 0 Å². The molecular formula is C18H27NO3. The summed E-state index contributed by atoms with van der Waals surface area (Å²) in [5.74, 6) is 0.413. The highest BCUT2D eigenvalue weighted by Gasteiger charge is 2.25. The van der Waals surface area contributed by atoms with Crippen molar-refractivity contribution in [3.8, 4) is 11.5 Å². The van der Waals surface area contributed by atoms with Crippen molar-refractivity contribution >= 4 is 5.78 Å². The summed E-state index contributed by atoms with van der Waals surface area (Å²) in [6, 6.07) is 5.42. The second kappa shape index (κ2) is 7.63. The molecule has 22 heavy (non-hydrogen) atoms. The van der Waals surface area contributed by atoms with E-state index < -0.39 is 0 Å². The van der Waals surface area contributed by atoms with Gasteiger partial charge in [0.25, 0.3) is 0 Å². The Morgan fingerprint density at radius 3 is 2.50 bits per heavy atom. The number of aryl methyl sites for hydroxylation is 1. The predicted molar refractivity (Wildman–Crippen MR) is 87.1 cm³/mol. The lowest BCUT2D eigenvalue weighted by molar-refractivity contribution is -0.124. The zero-order chi connectivity index (χ0) is 16.1. The molecule has 1 aliphatic heterocycles. The van der Waals surface area contributed by atoms with Crippen molar-refractivity contribution in [3.63, 3.8) is 0 Å². The molecule has 1 aromatic carbocycles. The molecule has 0 atom stereocenters. The maximum atomic E-state index is 12.3. The molecule has 0 amide bonds. The molecule has 1 aromatic rings. The molecule has 0 spiro atoms. The SMILES string of the molecule is CC(C)N1CCC(C(=O)CCCc2ccc(O)c(O)c2)CC1. The third kappa shape index (κ3) is 4.47. The number of piperidine rings is 1. The first-order valence-electron chi connectivity index (χ1n) is 8.25. The predicted octanol–water partition coefficient (Wildman–Crippen LogP) is 3.11. The van der Waals surface area contributed by atoms with E-state index in [0.29, 0.717) is 18.2 Å². The maximum Gasteiger partial charge on any atom is 0.157 e. The number of phenolic OH excluding ortho intramolecular Hbond substituents is 2. The summed E-state index contributed by atoms with van der Waals surface area (Å²) in [5, 5.41) is 18.7. The second-order valence-electron chi connectivity index (χ2n) is 6.55. The normalized spacial score (nSPS) is 17.0. The lowest BCUT2D eigenvalue weighted by Gasteiger charge is -2.34. The number of carbonyl (C=O) groups is 1. The van der Waals surface area contributed by atoms with Crippen LogP contribution in [0, 0.1) is 5.92 Å². The molecule has 0 aliphatic carbocycles. The molecular weight excluding hydrogens is 278 g/mol. The fourth-order valence-electron chi connectivity index (χ4n) is 3.13. The van der Waals surface area contributed by atoms with Gasteiger partial charge >= 0.3 is 0 Å². The van der Waals surface area contributed by atoms with Crippen LogP contribution in [-0.4, -0.2) is 40.0 Å². The molecule has 0 unspecified atom stereocenters. The van der Waals surface area contributed by atoms with Crippen molar-refractivity contribution < 1.29 is 15.0 Å². The molecule has 122 valence electrons. The molecule has 1 saturated heterocycles. The number of likely N-dealkylation sites (tertiary alicyclic amines) is 1. The summed E-state index contributed by atoms with van der Waals surface area (Å²) < 4.78 is 0. The van der Waals surface area contributed by atoms with Gasteiger partial charge in [-0.05, 0) is 70.3 Å². The van der Waals surface area contributed by atoms with Crippen molar-refractivity contribution in [2.45, 2.75) is 52.0 Å². The number of aromatic hydroxyl groups is 2. The van der Waals surface area contributed by atoms with Crippen LogP contribution >= 0.6 is 0 Å². The molecule has 1 aliphatic rings. The minimum absolute atomic E-state index is 0.0927. The van der Waals surface area contributed by atoms with Gasteiger partial charge in [0.05, 0.1) is 0 Å². The summed E-state index contributed by atoms with van der Waals surface area (Å²) in [5.41, 5.74) is 0.956. The summed E-state index contributed by atoms with van der Waals surface area (Å²) >= 11 is 0. The minimum atomic E-state index is -0.100. The molecule has 1 fully saturated rings. The van der Waals surface area contributed by atoms with E-state index in [1.165, 1.54) is 6.07 Å². The second-order valence-corrected chi connectivity index (χ2v) is 6.55. The number of hydrogen-bond donors (Lipinski definition) is 2.